The number of pyridine rings is 1. The molecule has 1 saturated carbocycles. The Hall–Kier alpha value is -2.60. The molecule has 154 valence electrons. The van der Waals surface area contributed by atoms with E-state index in [1.54, 1.807) is 19.1 Å². The smallest absolute Gasteiger partial charge is 0.214 e. The predicted octanol–water partition coefficient (Wildman–Crippen LogP) is 5.10. The van der Waals surface area contributed by atoms with Gasteiger partial charge in [-0.25, -0.2) is 4.98 Å². The maximum Gasteiger partial charge on any atom is 0.214 e. The molecule has 1 unspecified atom stereocenters. The highest BCUT2D eigenvalue weighted by molar-refractivity contribution is 5.73. The van der Waals surface area contributed by atoms with Crippen LogP contribution in [-0.2, 0) is 6.42 Å². The van der Waals surface area contributed by atoms with Gasteiger partial charge in [0.05, 0.1) is 11.7 Å². The van der Waals surface area contributed by atoms with Crippen molar-refractivity contribution in [2.75, 3.05) is 0 Å². The van der Waals surface area contributed by atoms with Crippen molar-refractivity contribution in [3.05, 3.63) is 51.4 Å². The van der Waals surface area contributed by atoms with Crippen LogP contribution < -0.4 is 10.2 Å². The molecule has 2 heterocycles. The van der Waals surface area contributed by atoms with E-state index in [2.05, 4.69) is 9.97 Å². The fourth-order valence-electron chi connectivity index (χ4n) is 4.15. The van der Waals surface area contributed by atoms with E-state index in [9.17, 15) is 9.90 Å². The monoisotopic (exact) mass is 395 g/mol. The molecule has 6 heteroatoms. The molecule has 6 nitrogen and oxygen atoms in total. The SMILES string of the molecule is CCCc1c(Oc2ccc(C(C)O)cc2)[nH]c2nc(C3CCCCC3)[nH]c2c1=O. The molecule has 3 aromatic rings. The third-order valence-corrected chi connectivity index (χ3v) is 5.80. The van der Waals surface area contributed by atoms with E-state index in [1.807, 2.05) is 19.1 Å². The van der Waals surface area contributed by atoms with Gasteiger partial charge in [-0.2, -0.15) is 0 Å². The van der Waals surface area contributed by atoms with Crippen molar-refractivity contribution >= 4 is 11.2 Å². The van der Waals surface area contributed by atoms with Gasteiger partial charge in [-0.1, -0.05) is 44.7 Å². The van der Waals surface area contributed by atoms with Gasteiger partial charge in [-0.05, 0) is 43.9 Å². The average molecular weight is 396 g/mol. The Kier molecular flexibility index (Phi) is 5.72. The largest absolute Gasteiger partial charge is 0.441 e. The number of ether oxygens (including phenoxy) is 1. The Morgan fingerprint density at radius 2 is 1.90 bits per heavy atom. The normalized spacial score (nSPS) is 16.2. The molecule has 0 aliphatic heterocycles. The van der Waals surface area contributed by atoms with Crippen LogP contribution in [0.15, 0.2) is 29.1 Å². The first kappa shape index (κ1) is 19.7. The molecule has 0 saturated heterocycles. The highest BCUT2D eigenvalue weighted by Crippen LogP contribution is 2.32. The Bertz CT molecular complexity index is 1030. The Balaban J connectivity index is 1.71. The van der Waals surface area contributed by atoms with Crippen molar-refractivity contribution in [1.82, 2.24) is 15.0 Å². The molecule has 1 fully saturated rings. The molecule has 29 heavy (non-hydrogen) atoms. The van der Waals surface area contributed by atoms with E-state index in [0.29, 0.717) is 40.7 Å². The van der Waals surface area contributed by atoms with Crippen LogP contribution in [0.4, 0.5) is 0 Å². The van der Waals surface area contributed by atoms with Gasteiger partial charge in [-0.15, -0.1) is 0 Å². The number of nitrogens with zero attached hydrogens (tertiary/aromatic N) is 1. The van der Waals surface area contributed by atoms with Gasteiger partial charge in [0.2, 0.25) is 11.3 Å². The topological polar surface area (TPSA) is 91.0 Å². The quantitative estimate of drug-likeness (QED) is 0.542. The lowest BCUT2D eigenvalue weighted by atomic mass is 9.89. The number of benzene rings is 1. The second-order valence-corrected chi connectivity index (χ2v) is 8.04. The molecule has 4 rings (SSSR count). The van der Waals surface area contributed by atoms with Crippen LogP contribution in [0.5, 0.6) is 11.6 Å². The van der Waals surface area contributed by atoms with Crippen LogP contribution in [-0.4, -0.2) is 20.1 Å². The van der Waals surface area contributed by atoms with Gasteiger partial charge in [0.1, 0.15) is 17.1 Å². The fourth-order valence-corrected chi connectivity index (χ4v) is 4.15. The van der Waals surface area contributed by atoms with Gasteiger partial charge in [0.25, 0.3) is 0 Å². The number of hydrogen-bond donors (Lipinski definition) is 3. The van der Waals surface area contributed by atoms with E-state index in [1.165, 1.54) is 19.3 Å². The highest BCUT2D eigenvalue weighted by Gasteiger charge is 2.22. The van der Waals surface area contributed by atoms with E-state index in [4.69, 9.17) is 9.72 Å². The van der Waals surface area contributed by atoms with E-state index < -0.39 is 6.10 Å². The summed E-state index contributed by atoms with van der Waals surface area (Å²) in [5.41, 5.74) is 2.53. The predicted molar refractivity (Wildman–Crippen MR) is 114 cm³/mol. The molecule has 0 bridgehead atoms. The van der Waals surface area contributed by atoms with E-state index in [-0.39, 0.29) is 5.43 Å². The van der Waals surface area contributed by atoms with E-state index in [0.717, 1.165) is 30.7 Å². The molecule has 0 spiro atoms. The number of nitrogens with one attached hydrogen (secondary N) is 2. The number of fused-ring (bicyclic) bond motifs is 1. The van der Waals surface area contributed by atoms with Crippen LogP contribution in [0, 0.1) is 0 Å². The van der Waals surface area contributed by atoms with E-state index >= 15 is 0 Å². The first-order valence-corrected chi connectivity index (χ1v) is 10.7. The molecule has 0 amide bonds. The highest BCUT2D eigenvalue weighted by atomic mass is 16.5. The van der Waals surface area contributed by atoms with Gasteiger partial charge in [0.15, 0.2) is 5.65 Å². The molecule has 2 aromatic heterocycles. The van der Waals surface area contributed by atoms with Crippen molar-refractivity contribution in [2.45, 2.75) is 70.8 Å². The fraction of sp³-hybridized carbons (Fsp3) is 0.478. The maximum absolute atomic E-state index is 13.2. The number of H-pyrrole nitrogens is 2. The summed E-state index contributed by atoms with van der Waals surface area (Å²) in [7, 11) is 0. The minimum atomic E-state index is -0.530. The third-order valence-electron chi connectivity index (χ3n) is 5.80. The van der Waals surface area contributed by atoms with Crippen molar-refractivity contribution in [2.24, 2.45) is 0 Å². The first-order chi connectivity index (χ1) is 14.1. The van der Waals surface area contributed by atoms with Crippen LogP contribution in [0.1, 0.15) is 81.3 Å². The molecule has 1 aromatic carbocycles. The Labute approximate surface area is 170 Å². The summed E-state index contributed by atoms with van der Waals surface area (Å²) in [6.07, 6.45) is 6.89. The van der Waals surface area contributed by atoms with Crippen molar-refractivity contribution in [1.29, 1.82) is 0 Å². The minimum absolute atomic E-state index is 0.0363. The number of aliphatic hydroxyl groups excluding tert-OH is 1. The summed E-state index contributed by atoms with van der Waals surface area (Å²) in [5, 5.41) is 9.68. The zero-order valence-electron chi connectivity index (χ0n) is 17.1. The average Bonchev–Trinajstić information content (AvgIpc) is 3.16. The Morgan fingerprint density at radius 1 is 1.17 bits per heavy atom. The van der Waals surface area contributed by atoms with Crippen molar-refractivity contribution < 1.29 is 9.84 Å². The summed E-state index contributed by atoms with van der Waals surface area (Å²) in [6.45, 7) is 3.77. The molecule has 3 N–H and O–H groups in total. The Morgan fingerprint density at radius 3 is 2.55 bits per heavy atom. The second kappa shape index (κ2) is 8.41. The second-order valence-electron chi connectivity index (χ2n) is 8.04. The first-order valence-electron chi connectivity index (χ1n) is 10.7. The maximum atomic E-state index is 13.2. The zero-order chi connectivity index (χ0) is 20.4. The molecular formula is C23H29N3O3. The van der Waals surface area contributed by atoms with Crippen molar-refractivity contribution in [3.8, 4) is 11.6 Å². The number of aromatic amines is 2. The molecule has 1 atom stereocenters. The number of rotatable bonds is 6. The van der Waals surface area contributed by atoms with Crippen LogP contribution in [0.25, 0.3) is 11.2 Å². The van der Waals surface area contributed by atoms with Gasteiger partial charge in [-0.3, -0.25) is 4.79 Å². The van der Waals surface area contributed by atoms with Gasteiger partial charge < -0.3 is 19.8 Å². The number of aromatic nitrogens is 3. The summed E-state index contributed by atoms with van der Waals surface area (Å²) < 4.78 is 6.05. The van der Waals surface area contributed by atoms with Crippen molar-refractivity contribution in [3.63, 3.8) is 0 Å². The van der Waals surface area contributed by atoms with Gasteiger partial charge >= 0.3 is 0 Å². The summed E-state index contributed by atoms with van der Waals surface area (Å²) in [5.74, 6) is 2.38. The van der Waals surface area contributed by atoms with Crippen LogP contribution in [0.3, 0.4) is 0 Å². The molecular weight excluding hydrogens is 366 g/mol. The van der Waals surface area contributed by atoms with Gasteiger partial charge in [0, 0.05) is 5.92 Å². The zero-order valence-corrected chi connectivity index (χ0v) is 17.1. The molecule has 0 radical (unpaired) electrons. The summed E-state index contributed by atoms with van der Waals surface area (Å²) >= 11 is 0. The lowest BCUT2D eigenvalue weighted by molar-refractivity contribution is 0.199. The number of aliphatic hydroxyl groups is 1. The minimum Gasteiger partial charge on any atom is -0.441 e. The summed E-state index contributed by atoms with van der Waals surface area (Å²) in [6, 6.07) is 7.26. The molecule has 1 aliphatic rings. The third kappa shape index (κ3) is 4.08. The summed E-state index contributed by atoms with van der Waals surface area (Å²) in [4.78, 5) is 24.4. The number of hydrogen-bond acceptors (Lipinski definition) is 4. The van der Waals surface area contributed by atoms with Crippen LogP contribution >= 0.6 is 0 Å². The lowest BCUT2D eigenvalue weighted by Gasteiger charge is -2.18. The number of imidazole rings is 1. The molecule has 1 aliphatic carbocycles. The standard InChI is InChI=1S/C23H29N3O3/c1-3-7-18-20(28)19-22(25-21(24-19)16-8-5-4-6-9-16)26-23(18)29-17-12-10-15(11-13-17)14(2)27/h10-14,16,27H,3-9H2,1-2H3,(H2,24,25,26,28). The lowest BCUT2D eigenvalue weighted by Crippen LogP contribution is -2.13. The van der Waals surface area contributed by atoms with Crippen LogP contribution in [0.2, 0.25) is 0 Å².